The molecule has 0 radical (unpaired) electrons. The van der Waals surface area contributed by atoms with Gasteiger partial charge in [0.2, 0.25) is 0 Å². The van der Waals surface area contributed by atoms with E-state index >= 15 is 0 Å². The molecule has 3 nitrogen and oxygen atoms in total. The number of carboxylic acids is 1. The van der Waals surface area contributed by atoms with Gasteiger partial charge in [0.05, 0.1) is 0 Å². The molecule has 2 saturated heterocycles. The van der Waals surface area contributed by atoms with Gasteiger partial charge in [-0.05, 0) is 42.3 Å². The van der Waals surface area contributed by atoms with Crippen molar-refractivity contribution in [1.82, 2.24) is 4.90 Å². The van der Waals surface area contributed by atoms with Crippen LogP contribution < -0.4 is 0 Å². The van der Waals surface area contributed by atoms with Crippen LogP contribution in [0.5, 0.6) is 0 Å². The number of nitrogens with zero attached hydrogens (tertiary/aromatic N) is 1. The summed E-state index contributed by atoms with van der Waals surface area (Å²) < 4.78 is 0. The monoisotopic (exact) mass is 283 g/mol. The summed E-state index contributed by atoms with van der Waals surface area (Å²) in [5.74, 6) is 2.82. The van der Waals surface area contributed by atoms with Crippen molar-refractivity contribution in [3.63, 3.8) is 0 Å². The Hall–Kier alpha value is -0.220. The molecule has 1 N–H and O–H groups in total. The lowest BCUT2D eigenvalue weighted by Crippen LogP contribution is -2.50. The van der Waals surface area contributed by atoms with Gasteiger partial charge in [0.25, 0.3) is 0 Å². The molecular formula is C15H25NO2S. The van der Waals surface area contributed by atoms with Gasteiger partial charge in [0, 0.05) is 18.3 Å². The van der Waals surface area contributed by atoms with E-state index in [1.165, 1.54) is 18.6 Å². The first-order valence-electron chi connectivity index (χ1n) is 7.54. The predicted octanol–water partition coefficient (Wildman–Crippen LogP) is 2.70. The summed E-state index contributed by atoms with van der Waals surface area (Å²) in [5.41, 5.74) is 0.355. The second kappa shape index (κ2) is 4.96. The van der Waals surface area contributed by atoms with Crippen molar-refractivity contribution < 1.29 is 9.90 Å². The van der Waals surface area contributed by atoms with Gasteiger partial charge in [-0.3, -0.25) is 9.69 Å². The van der Waals surface area contributed by atoms with Crippen LogP contribution in [0.3, 0.4) is 0 Å². The number of rotatable bonds is 2. The smallest absolute Gasteiger partial charge is 0.321 e. The second-order valence-electron chi connectivity index (χ2n) is 7.37. The summed E-state index contributed by atoms with van der Waals surface area (Å²) in [6.07, 6.45) is 4.76. The zero-order chi connectivity index (χ0) is 13.6. The topological polar surface area (TPSA) is 40.5 Å². The molecule has 4 heteroatoms. The fourth-order valence-electron chi connectivity index (χ4n) is 4.48. The molecule has 19 heavy (non-hydrogen) atoms. The second-order valence-corrected chi connectivity index (χ2v) is 8.40. The molecule has 108 valence electrons. The van der Waals surface area contributed by atoms with Gasteiger partial charge in [-0.25, -0.2) is 0 Å². The van der Waals surface area contributed by atoms with Crippen molar-refractivity contribution in [2.75, 3.05) is 18.1 Å². The van der Waals surface area contributed by atoms with E-state index in [4.69, 9.17) is 0 Å². The SMILES string of the molecule is CC1(C)CSCC(N2CC3CCCC3C2C(=O)O)C1. The Bertz CT molecular complexity index is 371. The lowest BCUT2D eigenvalue weighted by molar-refractivity contribution is -0.144. The quantitative estimate of drug-likeness (QED) is 0.846. The van der Waals surface area contributed by atoms with Crippen LogP contribution in [0.25, 0.3) is 0 Å². The van der Waals surface area contributed by atoms with Crippen molar-refractivity contribution in [1.29, 1.82) is 0 Å². The normalized spacial score (nSPS) is 42.2. The van der Waals surface area contributed by atoms with Gasteiger partial charge in [-0.1, -0.05) is 20.3 Å². The highest BCUT2D eigenvalue weighted by Gasteiger charge is 2.50. The average molecular weight is 283 g/mol. The first kappa shape index (κ1) is 13.7. The molecular weight excluding hydrogens is 258 g/mol. The first-order valence-corrected chi connectivity index (χ1v) is 8.70. The van der Waals surface area contributed by atoms with Crippen LogP contribution in [0.15, 0.2) is 0 Å². The molecule has 1 aliphatic carbocycles. The van der Waals surface area contributed by atoms with Gasteiger partial charge in [0.15, 0.2) is 0 Å². The van der Waals surface area contributed by atoms with E-state index in [2.05, 4.69) is 18.7 Å². The molecule has 3 rings (SSSR count). The van der Waals surface area contributed by atoms with Crippen molar-refractivity contribution in [2.45, 2.75) is 51.6 Å². The predicted molar refractivity (Wildman–Crippen MR) is 78.5 cm³/mol. The maximum absolute atomic E-state index is 11.7. The Morgan fingerprint density at radius 2 is 2.16 bits per heavy atom. The minimum absolute atomic E-state index is 0.202. The van der Waals surface area contributed by atoms with Crippen molar-refractivity contribution >= 4 is 17.7 Å². The van der Waals surface area contributed by atoms with Crippen LogP contribution in [0.4, 0.5) is 0 Å². The molecule has 0 amide bonds. The molecule has 0 spiro atoms. The molecule has 1 saturated carbocycles. The van der Waals surface area contributed by atoms with Crippen LogP contribution in [0.2, 0.25) is 0 Å². The van der Waals surface area contributed by atoms with E-state index in [-0.39, 0.29) is 6.04 Å². The van der Waals surface area contributed by atoms with Crippen molar-refractivity contribution in [3.8, 4) is 0 Å². The first-order chi connectivity index (χ1) is 8.98. The standard InChI is InChI=1S/C15H25NO2S/c1-15(2)6-11(8-19-9-15)16-7-10-4-3-5-12(10)13(16)14(17)18/h10-13H,3-9H2,1-2H3,(H,17,18). The van der Waals surface area contributed by atoms with Gasteiger partial charge in [-0.15, -0.1) is 0 Å². The largest absolute Gasteiger partial charge is 0.480 e. The van der Waals surface area contributed by atoms with Crippen LogP contribution in [0, 0.1) is 17.3 Å². The Morgan fingerprint density at radius 3 is 2.84 bits per heavy atom. The van der Waals surface area contributed by atoms with E-state index in [0.717, 1.165) is 25.1 Å². The third kappa shape index (κ3) is 2.54. The number of thioether (sulfide) groups is 1. The highest BCUT2D eigenvalue weighted by atomic mass is 32.2. The van der Waals surface area contributed by atoms with E-state index in [0.29, 0.717) is 23.3 Å². The average Bonchev–Trinajstić information content (AvgIpc) is 2.85. The maximum atomic E-state index is 11.7. The third-order valence-electron chi connectivity index (χ3n) is 5.24. The molecule has 3 fully saturated rings. The summed E-state index contributed by atoms with van der Waals surface area (Å²) in [5, 5.41) is 9.64. The zero-order valence-corrected chi connectivity index (χ0v) is 12.8. The highest BCUT2D eigenvalue weighted by molar-refractivity contribution is 7.99. The summed E-state index contributed by atoms with van der Waals surface area (Å²) in [7, 11) is 0. The molecule has 4 atom stereocenters. The van der Waals surface area contributed by atoms with Crippen LogP contribution >= 0.6 is 11.8 Å². The molecule has 0 aromatic heterocycles. The molecule has 0 aromatic rings. The Morgan fingerprint density at radius 1 is 1.37 bits per heavy atom. The maximum Gasteiger partial charge on any atom is 0.321 e. The summed E-state index contributed by atoms with van der Waals surface area (Å²) in [6.45, 7) is 5.67. The van der Waals surface area contributed by atoms with E-state index in [9.17, 15) is 9.90 Å². The Balaban J connectivity index is 1.78. The number of carboxylic acid groups (broad SMARTS) is 1. The fraction of sp³-hybridized carbons (Fsp3) is 0.933. The van der Waals surface area contributed by atoms with Gasteiger partial charge in [0.1, 0.15) is 6.04 Å². The number of hydrogen-bond donors (Lipinski definition) is 1. The lowest BCUT2D eigenvalue weighted by atomic mass is 9.86. The summed E-state index contributed by atoms with van der Waals surface area (Å²) in [6, 6.07) is 0.271. The number of carbonyl (C=O) groups is 1. The van der Waals surface area contributed by atoms with Gasteiger partial charge < -0.3 is 5.11 Å². The van der Waals surface area contributed by atoms with E-state index in [1.54, 1.807) is 0 Å². The van der Waals surface area contributed by atoms with Crippen LogP contribution in [-0.4, -0.2) is 46.1 Å². The molecule has 0 bridgehead atoms. The molecule has 2 aliphatic heterocycles. The number of hydrogen-bond acceptors (Lipinski definition) is 3. The molecule has 2 heterocycles. The highest BCUT2D eigenvalue weighted by Crippen LogP contribution is 2.46. The van der Waals surface area contributed by atoms with Gasteiger partial charge in [-0.2, -0.15) is 11.8 Å². The third-order valence-corrected chi connectivity index (χ3v) is 6.85. The number of aliphatic carboxylic acids is 1. The Kier molecular flexibility index (Phi) is 3.59. The van der Waals surface area contributed by atoms with Crippen molar-refractivity contribution in [3.05, 3.63) is 0 Å². The minimum Gasteiger partial charge on any atom is -0.480 e. The minimum atomic E-state index is -0.581. The molecule has 3 aliphatic rings. The lowest BCUT2D eigenvalue weighted by Gasteiger charge is -2.41. The van der Waals surface area contributed by atoms with E-state index in [1.807, 2.05) is 11.8 Å². The zero-order valence-electron chi connectivity index (χ0n) is 12.0. The van der Waals surface area contributed by atoms with Crippen molar-refractivity contribution in [2.24, 2.45) is 17.3 Å². The summed E-state index contributed by atoms with van der Waals surface area (Å²) in [4.78, 5) is 14.1. The molecule has 4 unspecified atom stereocenters. The van der Waals surface area contributed by atoms with Gasteiger partial charge >= 0.3 is 5.97 Å². The van der Waals surface area contributed by atoms with Crippen LogP contribution in [0.1, 0.15) is 39.5 Å². The van der Waals surface area contributed by atoms with Crippen LogP contribution in [-0.2, 0) is 4.79 Å². The summed E-state index contributed by atoms with van der Waals surface area (Å²) >= 11 is 2.00. The fourth-order valence-corrected chi connectivity index (χ4v) is 5.85. The Labute approximate surface area is 120 Å². The van der Waals surface area contributed by atoms with E-state index < -0.39 is 5.97 Å². The number of likely N-dealkylation sites (tertiary alicyclic amines) is 1. The number of fused-ring (bicyclic) bond motifs is 1. The molecule has 0 aromatic carbocycles.